The van der Waals surface area contributed by atoms with Crippen LogP contribution in [0.25, 0.3) is 0 Å². The second kappa shape index (κ2) is 6.74. The van der Waals surface area contributed by atoms with Crippen molar-refractivity contribution in [3.05, 3.63) is 29.3 Å². The van der Waals surface area contributed by atoms with E-state index in [1.165, 1.54) is 11.9 Å². The molecule has 0 aliphatic carbocycles. The third-order valence-electron chi connectivity index (χ3n) is 2.99. The summed E-state index contributed by atoms with van der Waals surface area (Å²) in [5.41, 5.74) is 2.52. The first kappa shape index (κ1) is 16.5. The Bertz CT molecular complexity index is 570. The highest BCUT2D eigenvalue weighted by Crippen LogP contribution is 2.20. The van der Waals surface area contributed by atoms with Gasteiger partial charge < -0.3 is 15.5 Å². The molecule has 1 unspecified atom stereocenters. The van der Waals surface area contributed by atoms with E-state index in [4.69, 9.17) is 10.2 Å². The number of carboxylic acids is 2. The number of nitrogens with one attached hydrogen (secondary N) is 1. The lowest BCUT2D eigenvalue weighted by Crippen LogP contribution is -2.47. The van der Waals surface area contributed by atoms with Crippen LogP contribution in [0.4, 0.5) is 10.5 Å². The van der Waals surface area contributed by atoms with Crippen molar-refractivity contribution in [2.45, 2.75) is 26.3 Å². The number of rotatable bonds is 5. The van der Waals surface area contributed by atoms with Crippen LogP contribution in [-0.2, 0) is 9.59 Å². The van der Waals surface area contributed by atoms with Gasteiger partial charge in [-0.3, -0.25) is 9.69 Å². The molecule has 0 saturated carbocycles. The van der Waals surface area contributed by atoms with E-state index in [0.29, 0.717) is 5.69 Å². The number of carboxylic acid groups (broad SMARTS) is 2. The van der Waals surface area contributed by atoms with Gasteiger partial charge in [0.1, 0.15) is 6.04 Å². The quantitative estimate of drug-likeness (QED) is 0.760. The molecule has 21 heavy (non-hydrogen) atoms. The van der Waals surface area contributed by atoms with Crippen molar-refractivity contribution in [1.29, 1.82) is 0 Å². The van der Waals surface area contributed by atoms with Gasteiger partial charge in [-0.1, -0.05) is 17.7 Å². The molecule has 1 aromatic carbocycles. The van der Waals surface area contributed by atoms with E-state index in [1.807, 2.05) is 26.0 Å². The van der Waals surface area contributed by atoms with Crippen LogP contribution in [0.3, 0.4) is 0 Å². The second-order valence-electron chi connectivity index (χ2n) is 4.79. The van der Waals surface area contributed by atoms with Crippen molar-refractivity contribution in [3.63, 3.8) is 0 Å². The van der Waals surface area contributed by atoms with Gasteiger partial charge in [0.25, 0.3) is 0 Å². The minimum atomic E-state index is -1.47. The van der Waals surface area contributed by atoms with Gasteiger partial charge in [-0.15, -0.1) is 0 Å². The molecule has 0 radical (unpaired) electrons. The molecule has 1 atom stereocenters. The summed E-state index contributed by atoms with van der Waals surface area (Å²) in [4.78, 5) is 34.8. The zero-order valence-corrected chi connectivity index (χ0v) is 12.1. The van der Waals surface area contributed by atoms with E-state index >= 15 is 0 Å². The number of aliphatic carboxylic acids is 2. The van der Waals surface area contributed by atoms with Crippen LogP contribution in [0.15, 0.2) is 18.2 Å². The average Bonchev–Trinajstić information content (AvgIpc) is 2.36. The standard InChI is InChI=1S/C14H18N2O5/c1-8-4-5-11(9(2)6-8)16(3)14(21)15-10(13(19)20)7-12(17)18/h4-6,10H,7H2,1-3H3,(H,15,21)(H,17,18)(H,19,20). The van der Waals surface area contributed by atoms with Gasteiger partial charge in [0.05, 0.1) is 6.42 Å². The molecule has 0 fully saturated rings. The molecule has 0 bridgehead atoms. The number of anilines is 1. The Hall–Kier alpha value is -2.57. The highest BCUT2D eigenvalue weighted by Gasteiger charge is 2.25. The fourth-order valence-electron chi connectivity index (χ4n) is 1.91. The summed E-state index contributed by atoms with van der Waals surface area (Å²) in [5.74, 6) is -2.68. The summed E-state index contributed by atoms with van der Waals surface area (Å²) in [6, 6.07) is 3.33. The Morgan fingerprint density at radius 2 is 1.86 bits per heavy atom. The molecule has 0 heterocycles. The minimum Gasteiger partial charge on any atom is -0.481 e. The van der Waals surface area contributed by atoms with E-state index in [-0.39, 0.29) is 0 Å². The number of amides is 2. The number of hydrogen-bond acceptors (Lipinski definition) is 3. The number of nitrogens with zero attached hydrogens (tertiary/aromatic N) is 1. The van der Waals surface area contributed by atoms with Gasteiger partial charge in [0.15, 0.2) is 0 Å². The van der Waals surface area contributed by atoms with Crippen LogP contribution in [-0.4, -0.2) is 41.3 Å². The summed E-state index contributed by atoms with van der Waals surface area (Å²) in [5, 5.41) is 19.8. The van der Waals surface area contributed by atoms with E-state index in [0.717, 1.165) is 11.1 Å². The van der Waals surface area contributed by atoms with Crippen molar-refractivity contribution in [2.75, 3.05) is 11.9 Å². The maximum Gasteiger partial charge on any atom is 0.326 e. The number of urea groups is 1. The van der Waals surface area contributed by atoms with E-state index in [9.17, 15) is 14.4 Å². The van der Waals surface area contributed by atoms with Crippen molar-refractivity contribution >= 4 is 23.7 Å². The third-order valence-corrected chi connectivity index (χ3v) is 2.99. The average molecular weight is 294 g/mol. The fourth-order valence-corrected chi connectivity index (χ4v) is 1.91. The van der Waals surface area contributed by atoms with Gasteiger partial charge in [-0.05, 0) is 25.5 Å². The Kier molecular flexibility index (Phi) is 5.29. The Morgan fingerprint density at radius 3 is 2.33 bits per heavy atom. The summed E-state index contributed by atoms with van der Waals surface area (Å²) in [7, 11) is 1.49. The molecule has 7 nitrogen and oxygen atoms in total. The van der Waals surface area contributed by atoms with Crippen LogP contribution in [0.1, 0.15) is 17.5 Å². The first-order valence-corrected chi connectivity index (χ1v) is 6.28. The number of benzene rings is 1. The molecule has 0 aliphatic heterocycles. The number of carbonyl (C=O) groups is 3. The highest BCUT2D eigenvalue weighted by atomic mass is 16.4. The predicted molar refractivity (Wildman–Crippen MR) is 76.5 cm³/mol. The van der Waals surface area contributed by atoms with Crippen LogP contribution in [0, 0.1) is 13.8 Å². The zero-order chi connectivity index (χ0) is 16.2. The Balaban J connectivity index is 2.86. The lowest BCUT2D eigenvalue weighted by atomic mass is 10.1. The van der Waals surface area contributed by atoms with Crippen LogP contribution < -0.4 is 10.2 Å². The highest BCUT2D eigenvalue weighted by molar-refractivity contribution is 5.95. The van der Waals surface area contributed by atoms with Crippen molar-refractivity contribution in [1.82, 2.24) is 5.32 Å². The molecule has 1 rings (SSSR count). The molecule has 0 aliphatic rings. The van der Waals surface area contributed by atoms with E-state index < -0.39 is 30.4 Å². The number of aryl methyl sites for hydroxylation is 2. The van der Waals surface area contributed by atoms with Crippen LogP contribution >= 0.6 is 0 Å². The minimum absolute atomic E-state index is 0.623. The molecule has 0 aromatic heterocycles. The largest absolute Gasteiger partial charge is 0.481 e. The molecule has 3 N–H and O–H groups in total. The van der Waals surface area contributed by atoms with E-state index in [1.54, 1.807) is 6.07 Å². The van der Waals surface area contributed by atoms with Crippen molar-refractivity contribution < 1.29 is 24.6 Å². The summed E-state index contributed by atoms with van der Waals surface area (Å²) in [6.07, 6.45) is -0.679. The predicted octanol–water partition coefficient (Wildman–Crippen LogP) is 1.38. The molecule has 0 spiro atoms. The topological polar surface area (TPSA) is 107 Å². The van der Waals surface area contributed by atoms with Gasteiger partial charge in [-0.2, -0.15) is 0 Å². The molecular formula is C14H18N2O5. The molecule has 7 heteroatoms. The van der Waals surface area contributed by atoms with Gasteiger partial charge >= 0.3 is 18.0 Å². The maximum absolute atomic E-state index is 12.0. The fraction of sp³-hybridized carbons (Fsp3) is 0.357. The molecule has 114 valence electrons. The lowest BCUT2D eigenvalue weighted by Gasteiger charge is -2.22. The SMILES string of the molecule is Cc1ccc(N(C)C(=O)NC(CC(=O)O)C(=O)O)c(C)c1. The van der Waals surface area contributed by atoms with Crippen molar-refractivity contribution in [2.24, 2.45) is 0 Å². The molecule has 2 amide bonds. The lowest BCUT2D eigenvalue weighted by molar-refractivity contribution is -0.145. The van der Waals surface area contributed by atoms with Crippen LogP contribution in [0.2, 0.25) is 0 Å². The Labute approximate surface area is 122 Å². The Morgan fingerprint density at radius 1 is 1.24 bits per heavy atom. The summed E-state index contributed by atoms with van der Waals surface area (Å²) >= 11 is 0. The smallest absolute Gasteiger partial charge is 0.326 e. The summed E-state index contributed by atoms with van der Waals surface area (Å²) < 4.78 is 0. The van der Waals surface area contributed by atoms with E-state index in [2.05, 4.69) is 5.32 Å². The monoisotopic (exact) mass is 294 g/mol. The van der Waals surface area contributed by atoms with Gasteiger partial charge in [-0.25, -0.2) is 9.59 Å². The van der Waals surface area contributed by atoms with Crippen LogP contribution in [0.5, 0.6) is 0 Å². The normalized spacial score (nSPS) is 11.6. The van der Waals surface area contributed by atoms with Crippen molar-refractivity contribution in [3.8, 4) is 0 Å². The number of carbonyl (C=O) groups excluding carboxylic acids is 1. The molecule has 1 aromatic rings. The maximum atomic E-state index is 12.0. The first-order chi connectivity index (χ1) is 9.72. The third kappa shape index (κ3) is 4.48. The van der Waals surface area contributed by atoms with Gasteiger partial charge in [0, 0.05) is 12.7 Å². The first-order valence-electron chi connectivity index (χ1n) is 6.28. The van der Waals surface area contributed by atoms with Gasteiger partial charge in [0.2, 0.25) is 0 Å². The second-order valence-corrected chi connectivity index (χ2v) is 4.79. The molecule has 0 saturated heterocycles. The number of hydrogen-bond donors (Lipinski definition) is 3. The zero-order valence-electron chi connectivity index (χ0n) is 12.1. The molecular weight excluding hydrogens is 276 g/mol. The summed E-state index contributed by atoms with van der Waals surface area (Å²) in [6.45, 7) is 3.75.